The highest BCUT2D eigenvalue weighted by molar-refractivity contribution is 8.05. The maximum atomic E-state index is 13.9. The van der Waals surface area contributed by atoms with Gasteiger partial charge in [-0.1, -0.05) is 4.13 Å². The second kappa shape index (κ2) is 5.91. The Morgan fingerprint density at radius 2 is 1.53 bits per heavy atom. The minimum atomic E-state index is -6.72. The summed E-state index contributed by atoms with van der Waals surface area (Å²) >= 11 is 0. The predicted octanol–water partition coefficient (Wildman–Crippen LogP) is 1.21. The molecule has 4 aliphatic carbocycles. The van der Waals surface area contributed by atoms with Crippen molar-refractivity contribution in [1.29, 1.82) is 0 Å². The van der Waals surface area contributed by atoms with E-state index in [-0.39, 0.29) is 16.0 Å². The average molecular weight is 480 g/mol. The smallest absolute Gasteiger partial charge is 0.290 e. The van der Waals surface area contributed by atoms with E-state index in [0.717, 1.165) is 19.3 Å². The van der Waals surface area contributed by atoms with Gasteiger partial charge in [-0.15, -0.1) is 0 Å². The zero-order chi connectivity index (χ0) is 22.5. The highest BCUT2D eigenvalue weighted by Crippen LogP contribution is 2.87. The minimum absolute atomic E-state index is 0.0327. The molecule has 0 radical (unpaired) electrons. The molecule has 170 valence electrons. The number of halogens is 5. The third-order valence-electron chi connectivity index (χ3n) is 7.45. The van der Waals surface area contributed by atoms with Crippen molar-refractivity contribution in [2.75, 3.05) is 0 Å². The van der Waals surface area contributed by atoms with Gasteiger partial charge in [0.15, 0.2) is 0 Å². The summed E-state index contributed by atoms with van der Waals surface area (Å²) in [5.41, 5.74) is -6.67. The SMILES string of the molecule is O=C(CC12CC3CC4CC(C1)C42C3)NC(=O)C(F)(F)S(=O)(=O)NS(=O)(=O)C(F)(F)F. The van der Waals surface area contributed by atoms with Crippen LogP contribution in [-0.2, 0) is 29.6 Å². The molecule has 0 aromatic carbocycles. The van der Waals surface area contributed by atoms with Gasteiger partial charge in [-0.2, -0.15) is 22.0 Å². The van der Waals surface area contributed by atoms with E-state index in [4.69, 9.17) is 0 Å². The minimum Gasteiger partial charge on any atom is -0.290 e. The fourth-order valence-corrected chi connectivity index (χ4v) is 8.87. The summed E-state index contributed by atoms with van der Waals surface area (Å²) in [6, 6.07) is 0. The first-order valence-corrected chi connectivity index (χ1v) is 12.0. The average Bonchev–Trinajstić information content (AvgIpc) is 3.00. The molecular weight excluding hydrogens is 463 g/mol. The van der Waals surface area contributed by atoms with Crippen molar-refractivity contribution in [1.82, 2.24) is 9.44 Å². The lowest BCUT2D eigenvalue weighted by molar-refractivity contribution is -0.245. The van der Waals surface area contributed by atoms with Crippen LogP contribution in [0.2, 0.25) is 0 Å². The molecule has 5 unspecified atom stereocenters. The van der Waals surface area contributed by atoms with Crippen LogP contribution in [0.1, 0.15) is 38.5 Å². The molecule has 15 heteroatoms. The summed E-state index contributed by atoms with van der Waals surface area (Å²) < 4.78 is 109. The van der Waals surface area contributed by atoms with Crippen LogP contribution in [0.3, 0.4) is 0 Å². The lowest BCUT2D eigenvalue weighted by Crippen LogP contribution is -2.67. The molecule has 0 saturated heterocycles. The molecule has 4 rings (SSSR count). The van der Waals surface area contributed by atoms with Gasteiger partial charge in [-0.05, 0) is 60.7 Å². The molecule has 2 amide bonds. The number of carbonyl (C=O) groups is 2. The number of rotatable bonds is 6. The molecule has 1 spiro atoms. The molecule has 4 saturated carbocycles. The van der Waals surface area contributed by atoms with Gasteiger partial charge in [0, 0.05) is 6.42 Å². The van der Waals surface area contributed by atoms with Crippen LogP contribution < -0.4 is 9.44 Å². The molecule has 0 heterocycles. The van der Waals surface area contributed by atoms with E-state index < -0.39 is 48.0 Å². The monoisotopic (exact) mass is 480 g/mol. The summed E-state index contributed by atoms with van der Waals surface area (Å²) in [6.45, 7) is 0. The van der Waals surface area contributed by atoms with E-state index in [1.165, 1.54) is 5.32 Å². The first-order valence-electron chi connectivity index (χ1n) is 9.04. The number of imide groups is 1. The number of alkyl halides is 5. The highest BCUT2D eigenvalue weighted by Gasteiger charge is 2.80. The fraction of sp³-hybridized carbons (Fsp3) is 0.867. The Balaban J connectivity index is 1.44. The molecule has 4 fully saturated rings. The zero-order valence-electron chi connectivity index (χ0n) is 15.1. The first kappa shape index (κ1) is 21.9. The van der Waals surface area contributed by atoms with Gasteiger partial charge in [0.05, 0.1) is 0 Å². The molecule has 0 aromatic heterocycles. The topological polar surface area (TPSA) is 126 Å². The van der Waals surface area contributed by atoms with Gasteiger partial charge in [-0.3, -0.25) is 14.9 Å². The van der Waals surface area contributed by atoms with Crippen LogP contribution in [0.5, 0.6) is 0 Å². The maximum absolute atomic E-state index is 13.9. The van der Waals surface area contributed by atoms with Gasteiger partial charge < -0.3 is 0 Å². The number of hydrogen-bond donors (Lipinski definition) is 2. The Bertz CT molecular complexity index is 1040. The van der Waals surface area contributed by atoms with Gasteiger partial charge in [0.25, 0.3) is 0 Å². The van der Waals surface area contributed by atoms with Gasteiger partial charge in [0.1, 0.15) is 0 Å². The number of nitrogens with one attached hydrogen (secondary N) is 2. The van der Waals surface area contributed by atoms with E-state index in [2.05, 4.69) is 0 Å². The van der Waals surface area contributed by atoms with E-state index in [0.29, 0.717) is 30.6 Å². The number of fused-ring (bicyclic) bond motifs is 1. The van der Waals surface area contributed by atoms with E-state index in [1.807, 2.05) is 0 Å². The molecule has 2 N–H and O–H groups in total. The second-order valence-electron chi connectivity index (χ2n) is 8.77. The Kier molecular flexibility index (Phi) is 4.31. The molecule has 30 heavy (non-hydrogen) atoms. The number of sulfonamides is 2. The van der Waals surface area contributed by atoms with Crippen molar-refractivity contribution in [3.8, 4) is 0 Å². The third-order valence-corrected chi connectivity index (χ3v) is 10.7. The van der Waals surface area contributed by atoms with Gasteiger partial charge in [-0.25, -0.2) is 16.8 Å². The van der Waals surface area contributed by atoms with Crippen molar-refractivity contribution in [3.63, 3.8) is 0 Å². The Morgan fingerprint density at radius 1 is 0.900 bits per heavy atom. The maximum Gasteiger partial charge on any atom is 0.512 e. The zero-order valence-corrected chi connectivity index (χ0v) is 16.8. The number of hydrogen-bond acceptors (Lipinski definition) is 6. The molecule has 0 aromatic rings. The largest absolute Gasteiger partial charge is 0.512 e. The lowest BCUT2D eigenvalue weighted by atomic mass is 9.31. The Hall–Kier alpha value is -1.35. The van der Waals surface area contributed by atoms with Gasteiger partial charge in [0.2, 0.25) is 5.91 Å². The van der Waals surface area contributed by atoms with Crippen molar-refractivity contribution in [3.05, 3.63) is 0 Å². The van der Waals surface area contributed by atoms with Crippen molar-refractivity contribution in [2.24, 2.45) is 28.6 Å². The van der Waals surface area contributed by atoms with Crippen LogP contribution >= 0.6 is 0 Å². The number of carbonyl (C=O) groups excluding carboxylic acids is 2. The summed E-state index contributed by atoms with van der Waals surface area (Å²) in [4.78, 5) is 23.9. The lowest BCUT2D eigenvalue weighted by Gasteiger charge is -2.73. The molecule has 4 aliphatic rings. The molecular formula is C15H17F5N2O6S2. The Morgan fingerprint density at radius 3 is 2.07 bits per heavy atom. The summed E-state index contributed by atoms with van der Waals surface area (Å²) in [7, 11) is -13.4. The van der Waals surface area contributed by atoms with Crippen LogP contribution in [0.15, 0.2) is 0 Å². The van der Waals surface area contributed by atoms with E-state index in [1.54, 1.807) is 0 Å². The summed E-state index contributed by atoms with van der Waals surface area (Å²) in [5.74, 6) is -2.55. The van der Waals surface area contributed by atoms with E-state index >= 15 is 0 Å². The normalized spacial score (nSPS) is 37.2. The summed E-state index contributed by atoms with van der Waals surface area (Å²) in [6.07, 6.45) is 4.19. The molecule has 8 nitrogen and oxygen atoms in total. The highest BCUT2D eigenvalue weighted by atomic mass is 32.3. The second-order valence-corrected chi connectivity index (χ2v) is 12.4. The molecule has 2 bridgehead atoms. The molecule has 0 aliphatic heterocycles. The molecule has 5 atom stereocenters. The standard InChI is InChI=1S/C15H17F5N2O6S2/c16-14(17,29(25,26)22-30(27,28)15(18,19)20)11(24)21-10(23)6-12-3-7-1-8-2-9(5-12)13(8,12)4-7/h7-9,22H,1-6H2,(H,21,23,24). The van der Waals surface area contributed by atoms with Crippen LogP contribution in [-0.4, -0.2) is 39.4 Å². The quantitative estimate of drug-likeness (QED) is 0.551. The third kappa shape index (κ3) is 2.63. The van der Waals surface area contributed by atoms with Crippen LogP contribution in [0.4, 0.5) is 22.0 Å². The predicted molar refractivity (Wildman–Crippen MR) is 88.2 cm³/mol. The summed E-state index contributed by atoms with van der Waals surface area (Å²) in [5, 5.41) is -4.41. The fourth-order valence-electron chi connectivity index (χ4n) is 6.63. The number of amides is 2. The Labute approximate surface area is 168 Å². The van der Waals surface area contributed by atoms with Crippen molar-refractivity contribution < 1.29 is 48.4 Å². The van der Waals surface area contributed by atoms with Crippen LogP contribution in [0, 0.1) is 28.6 Å². The van der Waals surface area contributed by atoms with E-state index in [9.17, 15) is 48.4 Å². The van der Waals surface area contributed by atoms with Gasteiger partial charge >= 0.3 is 36.7 Å². The van der Waals surface area contributed by atoms with Crippen molar-refractivity contribution >= 4 is 31.9 Å². The van der Waals surface area contributed by atoms with Crippen LogP contribution in [0.25, 0.3) is 0 Å². The first-order chi connectivity index (χ1) is 13.5. The van der Waals surface area contributed by atoms with Crippen molar-refractivity contribution in [2.45, 2.75) is 49.3 Å².